The number of hydrogen-bond donors (Lipinski definition) is 1. The molecule has 0 radical (unpaired) electrons. The molecular formula is C25H38N4O2. The Balaban J connectivity index is 1.35. The Bertz CT molecular complexity index is 739. The maximum absolute atomic E-state index is 13.3. The lowest BCUT2D eigenvalue weighted by Gasteiger charge is -2.37. The van der Waals surface area contributed by atoms with E-state index in [9.17, 15) is 9.59 Å². The van der Waals surface area contributed by atoms with Gasteiger partial charge in [-0.2, -0.15) is 0 Å². The Labute approximate surface area is 187 Å². The van der Waals surface area contributed by atoms with Gasteiger partial charge in [0.2, 0.25) is 5.91 Å². The number of rotatable bonds is 6. The lowest BCUT2D eigenvalue weighted by atomic mass is 9.67. The summed E-state index contributed by atoms with van der Waals surface area (Å²) in [5.74, 6) is 0.129. The Morgan fingerprint density at radius 3 is 2.35 bits per heavy atom. The van der Waals surface area contributed by atoms with E-state index in [-0.39, 0.29) is 23.1 Å². The molecule has 3 fully saturated rings. The summed E-state index contributed by atoms with van der Waals surface area (Å²) in [5.41, 5.74) is 0.681. The molecule has 4 rings (SSSR count). The average molecular weight is 427 g/mol. The number of hydrogen-bond acceptors (Lipinski definition) is 4. The molecule has 2 aliphatic heterocycles. The van der Waals surface area contributed by atoms with Crippen LogP contribution in [0.25, 0.3) is 0 Å². The molecule has 1 N–H and O–H groups in total. The molecule has 2 amide bonds. The first-order valence-corrected chi connectivity index (χ1v) is 12.2. The van der Waals surface area contributed by atoms with Crippen LogP contribution in [0.4, 0.5) is 0 Å². The SMILES string of the molecule is CCN1CCN(CCNC(=O)[C@H]2CN(C(=O)c3ccccc3)CC23CCCCC3)CC1. The van der Waals surface area contributed by atoms with Crippen LogP contribution in [0.2, 0.25) is 0 Å². The molecule has 2 saturated heterocycles. The molecule has 3 aliphatic rings. The van der Waals surface area contributed by atoms with Crippen molar-refractivity contribution in [3.05, 3.63) is 35.9 Å². The zero-order valence-corrected chi connectivity index (χ0v) is 19.0. The van der Waals surface area contributed by atoms with Crippen LogP contribution in [-0.4, -0.2) is 85.4 Å². The van der Waals surface area contributed by atoms with Crippen molar-refractivity contribution in [2.24, 2.45) is 11.3 Å². The molecule has 1 aromatic carbocycles. The van der Waals surface area contributed by atoms with Crippen LogP contribution in [0.5, 0.6) is 0 Å². The molecular weight excluding hydrogens is 388 g/mol. The van der Waals surface area contributed by atoms with Gasteiger partial charge in [-0.15, -0.1) is 0 Å². The molecule has 1 aliphatic carbocycles. The second-order valence-electron chi connectivity index (χ2n) is 9.59. The third-order valence-corrected chi connectivity index (χ3v) is 7.76. The van der Waals surface area contributed by atoms with Gasteiger partial charge in [0.25, 0.3) is 5.91 Å². The van der Waals surface area contributed by atoms with Crippen LogP contribution in [0.3, 0.4) is 0 Å². The second-order valence-corrected chi connectivity index (χ2v) is 9.59. The largest absolute Gasteiger partial charge is 0.354 e. The third-order valence-electron chi connectivity index (χ3n) is 7.76. The van der Waals surface area contributed by atoms with Crippen molar-refractivity contribution in [1.29, 1.82) is 0 Å². The number of piperazine rings is 1. The van der Waals surface area contributed by atoms with Gasteiger partial charge in [0.15, 0.2) is 0 Å². The predicted octanol–water partition coefficient (Wildman–Crippen LogP) is 2.46. The monoisotopic (exact) mass is 426 g/mol. The number of nitrogens with one attached hydrogen (secondary N) is 1. The highest BCUT2D eigenvalue weighted by Gasteiger charge is 2.51. The number of likely N-dealkylation sites (tertiary alicyclic amines) is 1. The highest BCUT2D eigenvalue weighted by atomic mass is 16.2. The van der Waals surface area contributed by atoms with Crippen LogP contribution in [0.15, 0.2) is 30.3 Å². The Morgan fingerprint density at radius 1 is 1.00 bits per heavy atom. The van der Waals surface area contributed by atoms with Crippen molar-refractivity contribution >= 4 is 11.8 Å². The van der Waals surface area contributed by atoms with E-state index in [1.807, 2.05) is 35.2 Å². The zero-order valence-electron chi connectivity index (χ0n) is 19.0. The zero-order chi connectivity index (χ0) is 21.7. The molecule has 1 atom stereocenters. The summed E-state index contributed by atoms with van der Waals surface area (Å²) in [6, 6.07) is 9.50. The molecule has 0 unspecified atom stereocenters. The first kappa shape index (κ1) is 22.3. The van der Waals surface area contributed by atoms with E-state index in [0.717, 1.165) is 64.2 Å². The molecule has 0 bridgehead atoms. The van der Waals surface area contributed by atoms with Crippen LogP contribution in [0.1, 0.15) is 49.4 Å². The van der Waals surface area contributed by atoms with Crippen molar-refractivity contribution in [1.82, 2.24) is 20.0 Å². The van der Waals surface area contributed by atoms with Crippen LogP contribution in [0, 0.1) is 11.3 Å². The fraction of sp³-hybridized carbons (Fsp3) is 0.680. The highest BCUT2D eigenvalue weighted by molar-refractivity contribution is 5.95. The maximum Gasteiger partial charge on any atom is 0.253 e. The molecule has 1 aromatic rings. The summed E-state index contributed by atoms with van der Waals surface area (Å²) in [7, 11) is 0. The molecule has 31 heavy (non-hydrogen) atoms. The average Bonchev–Trinajstić information content (AvgIpc) is 3.18. The number of carbonyl (C=O) groups excluding carboxylic acids is 2. The van der Waals surface area contributed by atoms with E-state index >= 15 is 0 Å². The third kappa shape index (κ3) is 5.12. The van der Waals surface area contributed by atoms with Gasteiger partial charge in [-0.1, -0.05) is 44.4 Å². The number of benzene rings is 1. The van der Waals surface area contributed by atoms with E-state index in [2.05, 4.69) is 22.0 Å². The van der Waals surface area contributed by atoms with Crippen LogP contribution < -0.4 is 5.32 Å². The molecule has 1 saturated carbocycles. The van der Waals surface area contributed by atoms with Gasteiger partial charge in [0.05, 0.1) is 5.92 Å². The molecule has 0 aromatic heterocycles. The molecule has 1 spiro atoms. The molecule has 6 heteroatoms. The quantitative estimate of drug-likeness (QED) is 0.759. The fourth-order valence-corrected chi connectivity index (χ4v) is 5.80. The van der Waals surface area contributed by atoms with Gasteiger partial charge >= 0.3 is 0 Å². The number of likely N-dealkylation sites (N-methyl/N-ethyl adjacent to an activating group) is 1. The van der Waals surface area contributed by atoms with Crippen LogP contribution in [-0.2, 0) is 4.79 Å². The predicted molar refractivity (Wildman–Crippen MR) is 123 cm³/mol. The second kappa shape index (κ2) is 10.1. The molecule has 170 valence electrons. The summed E-state index contributed by atoms with van der Waals surface area (Å²) >= 11 is 0. The number of nitrogens with zero attached hydrogens (tertiary/aromatic N) is 3. The van der Waals surface area contributed by atoms with Crippen molar-refractivity contribution < 1.29 is 9.59 Å². The Morgan fingerprint density at radius 2 is 1.68 bits per heavy atom. The van der Waals surface area contributed by atoms with Crippen LogP contribution >= 0.6 is 0 Å². The first-order valence-electron chi connectivity index (χ1n) is 12.2. The fourth-order valence-electron chi connectivity index (χ4n) is 5.80. The minimum atomic E-state index is -0.0857. The minimum absolute atomic E-state index is 0.0421. The number of carbonyl (C=O) groups is 2. The van der Waals surface area contributed by atoms with Crippen molar-refractivity contribution in [3.8, 4) is 0 Å². The van der Waals surface area contributed by atoms with E-state index in [1.165, 1.54) is 19.3 Å². The van der Waals surface area contributed by atoms with Crippen molar-refractivity contribution in [2.45, 2.75) is 39.0 Å². The van der Waals surface area contributed by atoms with E-state index < -0.39 is 0 Å². The van der Waals surface area contributed by atoms with Gasteiger partial charge in [-0.3, -0.25) is 14.5 Å². The maximum atomic E-state index is 13.3. The minimum Gasteiger partial charge on any atom is -0.354 e. The summed E-state index contributed by atoms with van der Waals surface area (Å²) in [5, 5.41) is 3.24. The van der Waals surface area contributed by atoms with Crippen molar-refractivity contribution in [3.63, 3.8) is 0 Å². The van der Waals surface area contributed by atoms with Gasteiger partial charge in [0, 0.05) is 63.3 Å². The van der Waals surface area contributed by atoms with Gasteiger partial charge < -0.3 is 15.1 Å². The molecule has 6 nitrogen and oxygen atoms in total. The van der Waals surface area contributed by atoms with Gasteiger partial charge in [-0.25, -0.2) is 0 Å². The Kier molecular flexibility index (Phi) is 7.28. The smallest absolute Gasteiger partial charge is 0.253 e. The van der Waals surface area contributed by atoms with E-state index in [4.69, 9.17) is 0 Å². The topological polar surface area (TPSA) is 55.9 Å². The highest BCUT2D eigenvalue weighted by Crippen LogP contribution is 2.47. The standard InChI is InChI=1S/C25H38N4O2/c1-2-27-15-17-28(18-16-27)14-13-26-23(30)22-19-29(20-25(22)11-7-4-8-12-25)24(31)21-9-5-3-6-10-21/h3,5-6,9-10,22H,2,4,7-8,11-20H2,1H3,(H,26,30)/t22-/m1/s1. The van der Waals surface area contributed by atoms with Gasteiger partial charge in [-0.05, 0) is 31.5 Å². The van der Waals surface area contributed by atoms with Gasteiger partial charge in [0.1, 0.15) is 0 Å². The number of amides is 2. The lowest BCUT2D eigenvalue weighted by molar-refractivity contribution is -0.128. The normalized spacial score (nSPS) is 24.4. The summed E-state index contributed by atoms with van der Waals surface area (Å²) in [6.07, 6.45) is 5.69. The van der Waals surface area contributed by atoms with Crippen molar-refractivity contribution in [2.75, 3.05) is 58.9 Å². The summed E-state index contributed by atoms with van der Waals surface area (Å²) < 4.78 is 0. The van der Waals surface area contributed by atoms with E-state index in [1.54, 1.807) is 0 Å². The van der Waals surface area contributed by atoms with E-state index in [0.29, 0.717) is 13.1 Å². The summed E-state index contributed by atoms with van der Waals surface area (Å²) in [4.78, 5) is 33.2. The summed E-state index contributed by atoms with van der Waals surface area (Å²) in [6.45, 7) is 10.6. The lowest BCUT2D eigenvalue weighted by Crippen LogP contribution is -2.49. The first-order chi connectivity index (χ1) is 15.1. The Hall–Kier alpha value is -1.92. The molecule has 2 heterocycles.